The number of nitrogens with one attached hydrogen (secondary N) is 1. The Labute approximate surface area is 180 Å². The van der Waals surface area contributed by atoms with Gasteiger partial charge in [-0.1, -0.05) is 5.16 Å². The van der Waals surface area contributed by atoms with Crippen LogP contribution in [0, 0.1) is 13.8 Å². The van der Waals surface area contributed by atoms with Gasteiger partial charge in [-0.3, -0.25) is 13.9 Å². The number of aryl methyl sites for hydroxylation is 4. The van der Waals surface area contributed by atoms with Crippen LogP contribution < -0.4 is 11.0 Å². The molecule has 1 aromatic carbocycles. The topological polar surface area (TPSA) is 95.0 Å². The first-order chi connectivity index (χ1) is 14.8. The summed E-state index contributed by atoms with van der Waals surface area (Å²) in [6.45, 7) is 3.80. The van der Waals surface area contributed by atoms with Crippen LogP contribution in [0.5, 0.6) is 0 Å². The third kappa shape index (κ3) is 3.05. The van der Waals surface area contributed by atoms with Crippen LogP contribution in [0.4, 0.5) is 5.69 Å². The fourth-order valence-electron chi connectivity index (χ4n) is 3.76. The molecule has 4 heterocycles. The van der Waals surface area contributed by atoms with Crippen molar-refractivity contribution in [1.82, 2.24) is 19.3 Å². The van der Waals surface area contributed by atoms with Crippen LogP contribution in [0.1, 0.15) is 20.9 Å². The van der Waals surface area contributed by atoms with E-state index in [1.54, 1.807) is 59.7 Å². The number of rotatable bonds is 3. The first-order valence-corrected chi connectivity index (χ1v) is 10.5. The Kier molecular flexibility index (Phi) is 4.30. The summed E-state index contributed by atoms with van der Waals surface area (Å²) in [6, 6.07) is 11.1. The van der Waals surface area contributed by atoms with Crippen LogP contribution in [0.3, 0.4) is 0 Å². The maximum absolute atomic E-state index is 13.3. The van der Waals surface area contributed by atoms with Gasteiger partial charge in [-0.25, -0.2) is 9.78 Å². The van der Waals surface area contributed by atoms with E-state index in [4.69, 9.17) is 4.52 Å². The smallest absolute Gasteiger partial charge is 0.328 e. The van der Waals surface area contributed by atoms with Gasteiger partial charge in [0.05, 0.1) is 38.2 Å². The molecule has 5 rings (SSSR count). The van der Waals surface area contributed by atoms with Crippen molar-refractivity contribution in [2.45, 2.75) is 13.8 Å². The predicted molar refractivity (Wildman–Crippen MR) is 121 cm³/mol. The zero-order chi connectivity index (χ0) is 21.9. The van der Waals surface area contributed by atoms with E-state index in [-0.39, 0.29) is 11.6 Å². The van der Waals surface area contributed by atoms with Gasteiger partial charge in [0.25, 0.3) is 11.6 Å². The van der Waals surface area contributed by atoms with Crippen LogP contribution in [0.25, 0.3) is 32.7 Å². The fraction of sp³-hybridized carbons (Fsp3) is 0.182. The highest BCUT2D eigenvalue weighted by atomic mass is 32.1. The number of amides is 1. The van der Waals surface area contributed by atoms with E-state index in [9.17, 15) is 9.59 Å². The van der Waals surface area contributed by atoms with Gasteiger partial charge in [0, 0.05) is 24.7 Å². The second-order valence-electron chi connectivity index (χ2n) is 7.47. The molecule has 0 saturated carbocycles. The molecule has 0 saturated heterocycles. The molecule has 0 atom stereocenters. The fourth-order valence-corrected chi connectivity index (χ4v) is 4.58. The minimum absolute atomic E-state index is 0.120. The number of hydrogen-bond donors (Lipinski definition) is 1. The van der Waals surface area contributed by atoms with Crippen LogP contribution in [0.15, 0.2) is 45.7 Å². The molecule has 9 heteroatoms. The number of benzene rings is 1. The quantitative estimate of drug-likeness (QED) is 0.464. The number of thiophene rings is 1. The van der Waals surface area contributed by atoms with Gasteiger partial charge in [-0.05, 0) is 50.2 Å². The lowest BCUT2D eigenvalue weighted by atomic mass is 10.1. The summed E-state index contributed by atoms with van der Waals surface area (Å²) in [5.74, 6) is -0.298. The van der Waals surface area contributed by atoms with Gasteiger partial charge in [-0.2, -0.15) is 0 Å². The van der Waals surface area contributed by atoms with Crippen LogP contribution in [0.2, 0.25) is 0 Å². The minimum atomic E-state index is -0.298. The number of fused-ring (bicyclic) bond motifs is 2. The second-order valence-corrected chi connectivity index (χ2v) is 8.76. The van der Waals surface area contributed by atoms with Crippen molar-refractivity contribution in [1.29, 1.82) is 0 Å². The van der Waals surface area contributed by atoms with E-state index >= 15 is 0 Å². The third-order valence-electron chi connectivity index (χ3n) is 5.38. The predicted octanol–water partition coefficient (Wildman–Crippen LogP) is 4.01. The van der Waals surface area contributed by atoms with Gasteiger partial charge in [-0.15, -0.1) is 11.3 Å². The standard InChI is InChI=1S/C22H19N5O3S/c1-11-5-8-18(31-11)15-10-14(19-12(2)25-30-21(19)24-15)20(28)23-13-6-7-16-17(9-13)27(4)22(29)26(16)3/h5-10H,1-4H3,(H,23,28). The van der Waals surface area contributed by atoms with E-state index in [1.165, 1.54) is 0 Å². The number of nitrogens with zero attached hydrogens (tertiary/aromatic N) is 4. The lowest BCUT2D eigenvalue weighted by Crippen LogP contribution is -2.19. The number of imidazole rings is 1. The summed E-state index contributed by atoms with van der Waals surface area (Å²) in [7, 11) is 3.43. The van der Waals surface area contributed by atoms with Crippen molar-refractivity contribution in [2.75, 3.05) is 5.32 Å². The summed E-state index contributed by atoms with van der Waals surface area (Å²) >= 11 is 1.60. The monoisotopic (exact) mass is 433 g/mol. The van der Waals surface area contributed by atoms with E-state index in [1.807, 2.05) is 25.1 Å². The lowest BCUT2D eigenvalue weighted by Gasteiger charge is -2.08. The van der Waals surface area contributed by atoms with E-state index < -0.39 is 0 Å². The average Bonchev–Trinajstić information content (AvgIpc) is 3.42. The molecule has 0 unspecified atom stereocenters. The van der Waals surface area contributed by atoms with E-state index in [0.717, 1.165) is 20.8 Å². The van der Waals surface area contributed by atoms with Crippen molar-refractivity contribution in [3.8, 4) is 10.6 Å². The largest absolute Gasteiger partial charge is 0.335 e. The van der Waals surface area contributed by atoms with Gasteiger partial charge < -0.3 is 9.84 Å². The molecule has 4 aromatic heterocycles. The molecule has 0 spiro atoms. The summed E-state index contributed by atoms with van der Waals surface area (Å²) in [4.78, 5) is 32.1. The summed E-state index contributed by atoms with van der Waals surface area (Å²) in [5, 5.41) is 7.52. The Morgan fingerprint density at radius 1 is 1.06 bits per heavy atom. The Bertz CT molecular complexity index is 1550. The molecule has 156 valence electrons. The zero-order valence-corrected chi connectivity index (χ0v) is 18.2. The molecule has 0 radical (unpaired) electrons. The molecule has 1 N–H and O–H groups in total. The molecular weight excluding hydrogens is 414 g/mol. The van der Waals surface area contributed by atoms with Crippen molar-refractivity contribution in [2.24, 2.45) is 14.1 Å². The highest BCUT2D eigenvalue weighted by molar-refractivity contribution is 7.15. The molecule has 1 amide bonds. The van der Waals surface area contributed by atoms with Gasteiger partial charge in [0.15, 0.2) is 0 Å². The molecule has 0 aliphatic rings. The molecule has 0 bridgehead atoms. The molecule has 0 fully saturated rings. The molecule has 0 aliphatic heterocycles. The number of carbonyl (C=O) groups excluding carboxylic acids is 1. The third-order valence-corrected chi connectivity index (χ3v) is 6.41. The second kappa shape index (κ2) is 6.92. The van der Waals surface area contributed by atoms with E-state index in [2.05, 4.69) is 15.5 Å². The molecular formula is C22H19N5O3S. The lowest BCUT2D eigenvalue weighted by molar-refractivity contribution is 0.102. The number of hydrogen-bond acceptors (Lipinski definition) is 6. The normalized spacial score (nSPS) is 11.5. The zero-order valence-electron chi connectivity index (χ0n) is 17.4. The number of carbonyl (C=O) groups is 1. The Morgan fingerprint density at radius 3 is 2.58 bits per heavy atom. The summed E-state index contributed by atoms with van der Waals surface area (Å²) in [6.07, 6.45) is 0. The highest BCUT2D eigenvalue weighted by Gasteiger charge is 2.20. The number of anilines is 1. The van der Waals surface area contributed by atoms with Crippen molar-refractivity contribution >= 4 is 45.1 Å². The van der Waals surface area contributed by atoms with Gasteiger partial charge in [0.2, 0.25) is 0 Å². The van der Waals surface area contributed by atoms with Crippen LogP contribution in [-0.2, 0) is 14.1 Å². The SMILES string of the molecule is Cc1ccc(-c2cc(C(=O)Nc3ccc4c(c3)n(C)c(=O)n4C)c3c(C)noc3n2)s1. The first kappa shape index (κ1) is 19.3. The van der Waals surface area contributed by atoms with E-state index in [0.29, 0.717) is 33.7 Å². The Balaban J connectivity index is 1.59. The first-order valence-electron chi connectivity index (χ1n) is 9.64. The Hall–Kier alpha value is -3.72. The minimum Gasteiger partial charge on any atom is -0.335 e. The maximum atomic E-state index is 13.3. The summed E-state index contributed by atoms with van der Waals surface area (Å²) in [5.41, 5.74) is 4.02. The van der Waals surface area contributed by atoms with Crippen molar-refractivity contribution < 1.29 is 9.32 Å². The van der Waals surface area contributed by atoms with Gasteiger partial charge in [0.1, 0.15) is 0 Å². The molecule has 8 nitrogen and oxygen atoms in total. The van der Waals surface area contributed by atoms with Crippen molar-refractivity contribution in [3.63, 3.8) is 0 Å². The molecule has 31 heavy (non-hydrogen) atoms. The maximum Gasteiger partial charge on any atom is 0.328 e. The highest BCUT2D eigenvalue weighted by Crippen LogP contribution is 2.31. The molecule has 0 aliphatic carbocycles. The number of aromatic nitrogens is 4. The number of pyridine rings is 1. The van der Waals surface area contributed by atoms with Gasteiger partial charge >= 0.3 is 5.69 Å². The average molecular weight is 433 g/mol. The Morgan fingerprint density at radius 2 is 1.84 bits per heavy atom. The van der Waals surface area contributed by atoms with Crippen molar-refractivity contribution in [3.05, 3.63) is 63.0 Å². The molecule has 5 aromatic rings. The summed E-state index contributed by atoms with van der Waals surface area (Å²) < 4.78 is 8.50. The van der Waals surface area contributed by atoms with Crippen LogP contribution >= 0.6 is 11.3 Å². The van der Waals surface area contributed by atoms with Crippen LogP contribution in [-0.4, -0.2) is 25.2 Å².